The van der Waals surface area contributed by atoms with Crippen molar-refractivity contribution in [2.75, 3.05) is 0 Å². The molecule has 0 aliphatic heterocycles. The van der Waals surface area contributed by atoms with Crippen LogP contribution < -0.4 is 5.56 Å². The second-order valence-corrected chi connectivity index (χ2v) is 4.45. The zero-order chi connectivity index (χ0) is 15.1. The van der Waals surface area contributed by atoms with Gasteiger partial charge in [-0.15, -0.1) is 6.58 Å². The first-order valence-electron chi connectivity index (χ1n) is 6.74. The largest absolute Gasteiger partial charge is 0.298 e. The van der Waals surface area contributed by atoms with Crippen LogP contribution in [-0.4, -0.2) is 15.6 Å². The number of nitriles is 1. The van der Waals surface area contributed by atoms with E-state index in [0.29, 0.717) is 36.9 Å². The maximum atomic E-state index is 12.2. The summed E-state index contributed by atoms with van der Waals surface area (Å²) < 4.78 is 1.11. The third-order valence-electron chi connectivity index (χ3n) is 3.09. The van der Waals surface area contributed by atoms with Gasteiger partial charge in [0, 0.05) is 6.42 Å². The number of nitrogens with zero attached hydrogens (tertiary/aromatic N) is 3. The first-order chi connectivity index (χ1) is 9.58. The fourth-order valence-corrected chi connectivity index (χ4v) is 2.05. The molecule has 0 radical (unpaired) electrons. The van der Waals surface area contributed by atoms with Crippen LogP contribution in [0.4, 0.5) is 0 Å². The Morgan fingerprint density at radius 1 is 1.45 bits per heavy atom. The minimum Gasteiger partial charge on any atom is -0.298 e. The molecule has 0 aliphatic carbocycles. The van der Waals surface area contributed by atoms with Gasteiger partial charge in [0.05, 0.1) is 5.69 Å². The van der Waals surface area contributed by atoms with Crippen LogP contribution in [0.25, 0.3) is 0 Å². The van der Waals surface area contributed by atoms with Crippen molar-refractivity contribution in [3.63, 3.8) is 0 Å². The predicted molar refractivity (Wildman–Crippen MR) is 76.4 cm³/mol. The lowest BCUT2D eigenvalue weighted by Gasteiger charge is -2.11. The van der Waals surface area contributed by atoms with Crippen molar-refractivity contribution >= 4 is 5.78 Å². The molecule has 5 heteroatoms. The van der Waals surface area contributed by atoms with Crippen LogP contribution >= 0.6 is 0 Å². The zero-order valence-corrected chi connectivity index (χ0v) is 12.0. The average Bonchev–Trinajstić information content (AvgIpc) is 2.46. The Bertz CT molecular complexity index is 609. The van der Waals surface area contributed by atoms with Gasteiger partial charge in [0.25, 0.3) is 5.56 Å². The Balaban J connectivity index is 3.22. The number of carbonyl (C=O) groups excluding carboxylic acids is 1. The van der Waals surface area contributed by atoms with Gasteiger partial charge in [0.15, 0.2) is 5.78 Å². The molecule has 0 N–H and O–H groups in total. The Morgan fingerprint density at radius 2 is 2.15 bits per heavy atom. The Kier molecular flexibility index (Phi) is 5.85. The minimum absolute atomic E-state index is 0.0850. The van der Waals surface area contributed by atoms with Crippen molar-refractivity contribution in [1.29, 1.82) is 5.26 Å². The molecular formula is C15H19N3O2. The quantitative estimate of drug-likeness (QED) is 0.709. The van der Waals surface area contributed by atoms with Gasteiger partial charge in [0.1, 0.15) is 18.2 Å². The summed E-state index contributed by atoms with van der Waals surface area (Å²) in [5, 5.41) is 13.4. The Hall–Kier alpha value is -2.22. The molecule has 1 aromatic rings. The van der Waals surface area contributed by atoms with Gasteiger partial charge in [-0.1, -0.05) is 19.9 Å². The highest BCUT2D eigenvalue weighted by atomic mass is 16.1. The van der Waals surface area contributed by atoms with Crippen molar-refractivity contribution < 1.29 is 4.79 Å². The number of aryl methyl sites for hydroxylation is 1. The summed E-state index contributed by atoms with van der Waals surface area (Å²) in [7, 11) is 0. The van der Waals surface area contributed by atoms with E-state index in [9.17, 15) is 9.59 Å². The van der Waals surface area contributed by atoms with Crippen LogP contribution in [-0.2, 0) is 24.2 Å². The van der Waals surface area contributed by atoms with Crippen LogP contribution in [0.1, 0.15) is 43.5 Å². The lowest BCUT2D eigenvalue weighted by molar-refractivity contribution is -0.119. The molecule has 0 atom stereocenters. The zero-order valence-electron chi connectivity index (χ0n) is 12.0. The first-order valence-corrected chi connectivity index (χ1v) is 6.74. The molecule has 0 spiro atoms. The highest BCUT2D eigenvalue weighted by Gasteiger charge is 2.16. The molecule has 1 rings (SSSR count). The SMILES string of the molecule is C=CCCC(=O)Cn1nc(CC)c(CC)c(C#N)c1=O. The van der Waals surface area contributed by atoms with Gasteiger partial charge in [-0.25, -0.2) is 4.68 Å². The minimum atomic E-state index is -0.478. The molecule has 1 aromatic heterocycles. The third-order valence-corrected chi connectivity index (χ3v) is 3.09. The number of allylic oxidation sites excluding steroid dienone is 1. The smallest absolute Gasteiger partial charge is 0.285 e. The van der Waals surface area contributed by atoms with E-state index in [0.717, 1.165) is 4.68 Å². The highest BCUT2D eigenvalue weighted by molar-refractivity contribution is 5.78. The van der Waals surface area contributed by atoms with E-state index in [1.807, 2.05) is 19.9 Å². The second-order valence-electron chi connectivity index (χ2n) is 4.45. The van der Waals surface area contributed by atoms with Gasteiger partial charge in [-0.2, -0.15) is 10.4 Å². The molecule has 0 saturated carbocycles. The maximum Gasteiger partial charge on any atom is 0.285 e. The van der Waals surface area contributed by atoms with Crippen LogP contribution in [0.5, 0.6) is 0 Å². The fourth-order valence-electron chi connectivity index (χ4n) is 2.05. The van der Waals surface area contributed by atoms with E-state index in [1.165, 1.54) is 0 Å². The average molecular weight is 273 g/mol. The predicted octanol–water partition coefficient (Wildman–Crippen LogP) is 1.78. The van der Waals surface area contributed by atoms with Crippen LogP contribution in [0, 0.1) is 11.3 Å². The number of aromatic nitrogens is 2. The van der Waals surface area contributed by atoms with E-state index in [4.69, 9.17) is 5.26 Å². The van der Waals surface area contributed by atoms with Gasteiger partial charge in [-0.05, 0) is 24.8 Å². The summed E-state index contributed by atoms with van der Waals surface area (Å²) in [6.45, 7) is 7.27. The molecule has 0 amide bonds. The molecule has 1 heterocycles. The van der Waals surface area contributed by atoms with E-state index in [1.54, 1.807) is 6.08 Å². The number of ketones is 1. The monoisotopic (exact) mass is 273 g/mol. The van der Waals surface area contributed by atoms with E-state index < -0.39 is 5.56 Å². The third kappa shape index (κ3) is 3.41. The van der Waals surface area contributed by atoms with E-state index in [2.05, 4.69) is 11.7 Å². The normalized spacial score (nSPS) is 10.1. The first kappa shape index (κ1) is 15.8. The van der Waals surface area contributed by atoms with Gasteiger partial charge in [-0.3, -0.25) is 9.59 Å². The van der Waals surface area contributed by atoms with Crippen LogP contribution in [0.3, 0.4) is 0 Å². The number of Topliss-reactive ketones (excluding diaryl/α,β-unsaturated/α-hetero) is 1. The highest BCUT2D eigenvalue weighted by Crippen LogP contribution is 2.10. The Morgan fingerprint density at radius 3 is 2.65 bits per heavy atom. The molecule has 0 fully saturated rings. The van der Waals surface area contributed by atoms with Crippen LogP contribution in [0.2, 0.25) is 0 Å². The fraction of sp³-hybridized carbons (Fsp3) is 0.467. The van der Waals surface area contributed by atoms with Crippen molar-refractivity contribution in [3.8, 4) is 6.07 Å². The number of carbonyl (C=O) groups is 1. The molecule has 0 bridgehead atoms. The van der Waals surface area contributed by atoms with Crippen molar-refractivity contribution in [1.82, 2.24) is 9.78 Å². The van der Waals surface area contributed by atoms with Gasteiger partial charge in [0.2, 0.25) is 0 Å². The molecule has 0 aromatic carbocycles. The molecule has 20 heavy (non-hydrogen) atoms. The molecule has 0 saturated heterocycles. The van der Waals surface area contributed by atoms with Gasteiger partial charge < -0.3 is 0 Å². The molecule has 0 aliphatic rings. The summed E-state index contributed by atoms with van der Waals surface area (Å²) in [6.07, 6.45) is 3.77. The molecular weight excluding hydrogens is 254 g/mol. The van der Waals surface area contributed by atoms with Gasteiger partial charge >= 0.3 is 0 Å². The maximum absolute atomic E-state index is 12.2. The number of hydrogen-bond acceptors (Lipinski definition) is 4. The summed E-state index contributed by atoms with van der Waals surface area (Å²) in [5.41, 5.74) is 1.03. The Labute approximate surface area is 118 Å². The molecule has 0 unspecified atom stereocenters. The van der Waals surface area contributed by atoms with E-state index >= 15 is 0 Å². The lowest BCUT2D eigenvalue weighted by atomic mass is 10.0. The summed E-state index contributed by atoms with van der Waals surface area (Å²) in [4.78, 5) is 23.9. The number of rotatable bonds is 7. The van der Waals surface area contributed by atoms with Crippen LogP contribution in [0.15, 0.2) is 17.4 Å². The number of hydrogen-bond donors (Lipinski definition) is 0. The summed E-state index contributed by atoms with van der Waals surface area (Å²) in [6, 6.07) is 1.95. The molecule has 106 valence electrons. The van der Waals surface area contributed by atoms with Crippen molar-refractivity contribution in [3.05, 3.63) is 39.8 Å². The standard InChI is InChI=1S/C15H19N3O2/c1-4-7-8-11(19)10-18-15(20)13(9-16)12(5-2)14(6-3)17-18/h4H,1,5-8,10H2,2-3H3. The summed E-state index contributed by atoms with van der Waals surface area (Å²) >= 11 is 0. The van der Waals surface area contributed by atoms with Crippen molar-refractivity contribution in [2.24, 2.45) is 0 Å². The topological polar surface area (TPSA) is 75.8 Å². The van der Waals surface area contributed by atoms with Crippen molar-refractivity contribution in [2.45, 2.75) is 46.1 Å². The van der Waals surface area contributed by atoms with E-state index in [-0.39, 0.29) is 17.9 Å². The lowest BCUT2D eigenvalue weighted by Crippen LogP contribution is -2.31. The summed E-state index contributed by atoms with van der Waals surface area (Å²) in [5.74, 6) is -0.0882. The molecule has 5 nitrogen and oxygen atoms in total. The second kappa shape index (κ2) is 7.39.